The van der Waals surface area contributed by atoms with Gasteiger partial charge in [-0.2, -0.15) is 15.1 Å². The first kappa shape index (κ1) is 29.3. The van der Waals surface area contributed by atoms with Crippen LogP contribution in [0, 0.1) is 0 Å². The second kappa shape index (κ2) is 11.4. The van der Waals surface area contributed by atoms with Crippen molar-refractivity contribution in [3.8, 4) is 5.75 Å². The molecule has 212 valence electrons. The monoisotopic (exact) mass is 603 g/mol. The number of fused-ring (bicyclic) bond motifs is 1. The summed E-state index contributed by atoms with van der Waals surface area (Å²) in [6.07, 6.45) is -3.06. The maximum absolute atomic E-state index is 13.7. The molecule has 17 heteroatoms. The molecule has 0 unspecified atom stereocenters. The number of benzene rings is 1. The number of aliphatic hydroxyl groups excluding tert-OH is 1. The van der Waals surface area contributed by atoms with Crippen LogP contribution in [0.1, 0.15) is 27.0 Å². The van der Waals surface area contributed by atoms with Crippen molar-refractivity contribution in [1.29, 1.82) is 0 Å². The smallest absolute Gasteiger partial charge is 0.459 e. The zero-order valence-corrected chi connectivity index (χ0v) is 23.5. The van der Waals surface area contributed by atoms with Gasteiger partial charge in [0.15, 0.2) is 22.0 Å². The number of ether oxygens (including phenoxy) is 2. The van der Waals surface area contributed by atoms with E-state index in [2.05, 4.69) is 20.0 Å². The van der Waals surface area contributed by atoms with Crippen molar-refractivity contribution in [3.05, 3.63) is 36.7 Å². The Morgan fingerprint density at radius 2 is 1.95 bits per heavy atom. The van der Waals surface area contributed by atoms with Crippen LogP contribution in [0.3, 0.4) is 0 Å². The number of alkyl halides is 2. The van der Waals surface area contributed by atoms with E-state index in [0.717, 1.165) is 0 Å². The average Bonchev–Trinajstić information content (AvgIpc) is 3.36. The van der Waals surface area contributed by atoms with Gasteiger partial charge >= 0.3 is 13.7 Å². The highest BCUT2D eigenvalue weighted by Crippen LogP contribution is 2.50. The summed E-state index contributed by atoms with van der Waals surface area (Å²) >= 11 is 13.0. The van der Waals surface area contributed by atoms with E-state index in [1.807, 2.05) is 0 Å². The molecule has 5 atom stereocenters. The van der Waals surface area contributed by atoms with Crippen molar-refractivity contribution in [2.45, 2.75) is 55.7 Å². The average molecular weight is 604 g/mol. The standard InChI is InChI=1S/C22H28Cl2N7O7P/c1-11(2)36-19(33)12(3)30-39(34,38-13-7-5-4-6-8-13)35-9-14-16(32)22(23,24)20(37-14)31-10-27-15-17(25)28-21(26)29-18(15)31/h4-8,10-12,14,16,20,32H,9H2,1-3H3,(H,30,34)(H4,25,26,28,29)/t12-,14-,16-,20-,39-/m1/s1. The molecule has 1 aromatic carbocycles. The summed E-state index contributed by atoms with van der Waals surface area (Å²) in [5.41, 5.74) is 12.0. The van der Waals surface area contributed by atoms with E-state index in [0.29, 0.717) is 0 Å². The number of halogens is 2. The molecule has 0 saturated carbocycles. The predicted octanol–water partition coefficient (Wildman–Crippen LogP) is 2.56. The maximum atomic E-state index is 13.7. The molecular weight excluding hydrogens is 576 g/mol. The molecule has 6 N–H and O–H groups in total. The number of hydrogen-bond acceptors (Lipinski definition) is 12. The molecular formula is C22H28Cl2N7O7P. The van der Waals surface area contributed by atoms with Crippen molar-refractivity contribution < 1.29 is 33.0 Å². The molecule has 14 nitrogen and oxygen atoms in total. The number of anilines is 2. The van der Waals surface area contributed by atoms with Gasteiger partial charge in [0, 0.05) is 0 Å². The first-order valence-corrected chi connectivity index (χ1v) is 14.0. The number of esters is 1. The minimum atomic E-state index is -4.25. The second-order valence-electron chi connectivity index (χ2n) is 8.97. The lowest BCUT2D eigenvalue weighted by atomic mass is 10.2. The van der Waals surface area contributed by atoms with Gasteiger partial charge < -0.3 is 30.6 Å². The van der Waals surface area contributed by atoms with Gasteiger partial charge in [0.25, 0.3) is 0 Å². The van der Waals surface area contributed by atoms with Crippen molar-refractivity contribution >= 4 is 59.8 Å². The Labute approximate surface area is 233 Å². The van der Waals surface area contributed by atoms with Gasteiger partial charge in [-0.05, 0) is 32.9 Å². The maximum Gasteiger partial charge on any atom is 0.459 e. The number of aliphatic hydroxyl groups is 1. The van der Waals surface area contributed by atoms with Crippen LogP contribution in [0.15, 0.2) is 36.7 Å². The van der Waals surface area contributed by atoms with E-state index in [1.165, 1.54) is 17.8 Å². The Kier molecular flexibility index (Phi) is 8.57. The molecule has 1 aliphatic heterocycles. The number of carbonyl (C=O) groups is 1. The molecule has 1 saturated heterocycles. The molecule has 1 fully saturated rings. The van der Waals surface area contributed by atoms with Gasteiger partial charge in [-0.3, -0.25) is 13.9 Å². The number of rotatable bonds is 10. The highest BCUT2D eigenvalue weighted by Gasteiger charge is 2.56. The summed E-state index contributed by atoms with van der Waals surface area (Å²) in [4.78, 5) is 24.5. The van der Waals surface area contributed by atoms with Gasteiger partial charge in [-0.25, -0.2) is 9.55 Å². The van der Waals surface area contributed by atoms with Gasteiger partial charge in [0.1, 0.15) is 29.5 Å². The zero-order chi connectivity index (χ0) is 28.5. The lowest BCUT2D eigenvalue weighted by Crippen LogP contribution is -2.39. The quantitative estimate of drug-likeness (QED) is 0.150. The summed E-state index contributed by atoms with van der Waals surface area (Å²) < 4.78 is 35.5. The van der Waals surface area contributed by atoms with Crippen molar-refractivity contribution in [1.82, 2.24) is 24.6 Å². The molecule has 4 rings (SSSR count). The Hall–Kier alpha value is -2.71. The van der Waals surface area contributed by atoms with Crippen molar-refractivity contribution in [2.75, 3.05) is 18.1 Å². The summed E-state index contributed by atoms with van der Waals surface area (Å²) in [7, 11) is -4.25. The minimum absolute atomic E-state index is 0.0274. The van der Waals surface area contributed by atoms with Gasteiger partial charge in [-0.1, -0.05) is 41.4 Å². The number of imidazole rings is 1. The highest BCUT2D eigenvalue weighted by molar-refractivity contribution is 7.52. The van der Waals surface area contributed by atoms with Crippen LogP contribution in [0.5, 0.6) is 5.75 Å². The molecule has 39 heavy (non-hydrogen) atoms. The van der Waals surface area contributed by atoms with Crippen LogP contribution in [-0.2, 0) is 23.4 Å². The number of nitrogens with two attached hydrogens (primary N) is 2. The number of hydrogen-bond donors (Lipinski definition) is 4. The lowest BCUT2D eigenvalue weighted by Gasteiger charge is -2.25. The molecule has 3 aromatic rings. The van der Waals surface area contributed by atoms with Gasteiger partial charge in [0.05, 0.1) is 19.0 Å². The summed E-state index contributed by atoms with van der Waals surface area (Å²) in [6.45, 7) is 4.30. The number of nitrogens with zero attached hydrogens (tertiary/aromatic N) is 4. The van der Waals surface area contributed by atoms with Crippen LogP contribution in [0.25, 0.3) is 11.2 Å². The Morgan fingerprint density at radius 3 is 2.62 bits per heavy atom. The number of para-hydroxylation sites is 1. The van der Waals surface area contributed by atoms with E-state index in [-0.39, 0.29) is 28.7 Å². The van der Waals surface area contributed by atoms with E-state index >= 15 is 0 Å². The van der Waals surface area contributed by atoms with Crippen LogP contribution >= 0.6 is 30.9 Å². The topological polar surface area (TPSA) is 199 Å². The third-order valence-electron chi connectivity index (χ3n) is 5.53. The number of aromatic nitrogens is 4. The highest BCUT2D eigenvalue weighted by atomic mass is 35.5. The summed E-state index contributed by atoms with van der Waals surface area (Å²) in [6, 6.07) is 7.10. The van der Waals surface area contributed by atoms with Crippen LogP contribution in [0.2, 0.25) is 0 Å². The minimum Gasteiger partial charge on any atom is -0.462 e. The normalized spacial score (nSPS) is 23.0. The predicted molar refractivity (Wildman–Crippen MR) is 143 cm³/mol. The molecule has 1 aliphatic rings. The summed E-state index contributed by atoms with van der Waals surface area (Å²) in [5, 5.41) is 13.5. The fourth-order valence-corrected chi connectivity index (χ4v) is 5.84. The molecule has 0 aliphatic carbocycles. The largest absolute Gasteiger partial charge is 0.462 e. The van der Waals surface area contributed by atoms with Gasteiger partial charge in [-0.15, -0.1) is 0 Å². The SMILES string of the molecule is CC(C)OC(=O)[C@@H](C)N[P@@](=O)(OC[C@H]1O[C@@H](n2cnc3c(N)nc(N)nc32)C(Cl)(Cl)[C@@H]1O)Oc1ccccc1. The van der Waals surface area contributed by atoms with Crippen molar-refractivity contribution in [3.63, 3.8) is 0 Å². The molecule has 3 heterocycles. The summed E-state index contributed by atoms with van der Waals surface area (Å²) in [5.74, 6) is -0.562. The molecule has 0 amide bonds. The van der Waals surface area contributed by atoms with Gasteiger partial charge in [0.2, 0.25) is 5.95 Å². The van der Waals surface area contributed by atoms with E-state index in [4.69, 9.17) is 53.2 Å². The molecule has 2 aromatic heterocycles. The Bertz CT molecular complexity index is 1380. The first-order valence-electron chi connectivity index (χ1n) is 11.7. The fourth-order valence-electron chi connectivity index (χ4n) is 3.74. The first-order chi connectivity index (χ1) is 18.3. The van der Waals surface area contributed by atoms with Crippen molar-refractivity contribution in [2.24, 2.45) is 0 Å². The van der Waals surface area contributed by atoms with E-state index in [1.54, 1.807) is 44.2 Å². The van der Waals surface area contributed by atoms with Crippen LogP contribution in [-0.4, -0.2) is 65.9 Å². The zero-order valence-electron chi connectivity index (χ0n) is 21.1. The third-order valence-corrected chi connectivity index (χ3v) is 8.00. The Morgan fingerprint density at radius 1 is 1.26 bits per heavy atom. The molecule has 0 bridgehead atoms. The van der Waals surface area contributed by atoms with E-state index in [9.17, 15) is 14.5 Å². The van der Waals surface area contributed by atoms with E-state index < -0.39 is 55.2 Å². The third kappa shape index (κ3) is 6.38. The number of carbonyl (C=O) groups excluding carboxylic acids is 1. The fraction of sp³-hybridized carbons (Fsp3) is 0.455. The molecule has 0 spiro atoms. The Balaban J connectivity index is 1.55. The number of nitrogens with one attached hydrogen (secondary N) is 1. The van der Waals surface area contributed by atoms with Crippen LogP contribution < -0.4 is 21.1 Å². The van der Waals surface area contributed by atoms with Crippen LogP contribution in [0.4, 0.5) is 11.8 Å². The second-order valence-corrected chi connectivity index (χ2v) is 12.1. The lowest BCUT2D eigenvalue weighted by molar-refractivity contribution is -0.149. The number of nitrogen functional groups attached to an aromatic ring is 2. The molecule has 0 radical (unpaired) electrons.